The van der Waals surface area contributed by atoms with Gasteiger partial charge in [-0.2, -0.15) is 0 Å². The second-order valence-electron chi connectivity index (χ2n) is 4.74. The van der Waals surface area contributed by atoms with Crippen molar-refractivity contribution in [2.75, 3.05) is 18.5 Å². The van der Waals surface area contributed by atoms with Crippen LogP contribution in [-0.4, -0.2) is 19.2 Å². The first-order valence-electron chi connectivity index (χ1n) is 7.19. The summed E-state index contributed by atoms with van der Waals surface area (Å²) >= 11 is 0. The third kappa shape index (κ3) is 5.09. The topological polar surface area (TPSA) is 50.4 Å². The molecule has 0 aliphatic carbocycles. The summed E-state index contributed by atoms with van der Waals surface area (Å²) in [5.41, 5.74) is 1.66. The molecule has 2 N–H and O–H groups in total. The summed E-state index contributed by atoms with van der Waals surface area (Å²) in [7, 11) is 0. The Morgan fingerprint density at radius 3 is 2.64 bits per heavy atom. The summed E-state index contributed by atoms with van der Waals surface area (Å²) in [4.78, 5) is 11.6. The van der Waals surface area contributed by atoms with E-state index in [2.05, 4.69) is 17.6 Å². The summed E-state index contributed by atoms with van der Waals surface area (Å²) in [6, 6.07) is 13.2. The predicted molar refractivity (Wildman–Crippen MR) is 84.7 cm³/mol. The lowest BCUT2D eigenvalue weighted by molar-refractivity contribution is 0.247. The van der Waals surface area contributed by atoms with Crippen molar-refractivity contribution in [1.29, 1.82) is 0 Å². The third-order valence-corrected chi connectivity index (χ3v) is 3.07. The Morgan fingerprint density at radius 1 is 1.18 bits per heavy atom. The van der Waals surface area contributed by atoms with Gasteiger partial charge in [0.05, 0.1) is 6.54 Å². The molecule has 0 spiro atoms. The fourth-order valence-electron chi connectivity index (χ4n) is 1.90. The fourth-order valence-corrected chi connectivity index (χ4v) is 1.90. The van der Waals surface area contributed by atoms with Crippen LogP contribution in [0.4, 0.5) is 14.9 Å². The zero-order valence-electron chi connectivity index (χ0n) is 12.4. The number of halogens is 1. The van der Waals surface area contributed by atoms with E-state index >= 15 is 0 Å². The minimum Gasteiger partial charge on any atom is -0.492 e. The number of carbonyl (C=O) groups is 1. The van der Waals surface area contributed by atoms with Gasteiger partial charge in [-0.05, 0) is 42.3 Å². The minimum absolute atomic E-state index is 0.358. The summed E-state index contributed by atoms with van der Waals surface area (Å²) < 4.78 is 18.5. The van der Waals surface area contributed by atoms with E-state index in [1.54, 1.807) is 6.07 Å². The Balaban J connectivity index is 1.68. The van der Waals surface area contributed by atoms with Gasteiger partial charge in [0, 0.05) is 5.69 Å². The van der Waals surface area contributed by atoms with E-state index in [1.165, 1.54) is 23.8 Å². The molecule has 2 aromatic rings. The molecule has 0 heterocycles. The number of hydrogen-bond donors (Lipinski definition) is 2. The molecule has 0 aliphatic rings. The van der Waals surface area contributed by atoms with Crippen LogP contribution in [0.15, 0.2) is 48.5 Å². The number of carbonyl (C=O) groups excluding carboxylic acids is 1. The Hall–Kier alpha value is -2.56. The van der Waals surface area contributed by atoms with Gasteiger partial charge < -0.3 is 15.4 Å². The van der Waals surface area contributed by atoms with Gasteiger partial charge in [-0.3, -0.25) is 0 Å². The molecule has 0 unspecified atom stereocenters. The first-order chi connectivity index (χ1) is 10.7. The first kappa shape index (κ1) is 15.8. The summed E-state index contributed by atoms with van der Waals surface area (Å²) in [6.07, 6.45) is 0.988. The van der Waals surface area contributed by atoms with Crippen molar-refractivity contribution in [2.45, 2.75) is 13.3 Å². The van der Waals surface area contributed by atoms with Crippen molar-refractivity contribution in [3.63, 3.8) is 0 Å². The maximum absolute atomic E-state index is 13.0. The highest BCUT2D eigenvalue weighted by molar-refractivity contribution is 5.89. The molecule has 2 rings (SSSR count). The van der Waals surface area contributed by atoms with Gasteiger partial charge >= 0.3 is 6.03 Å². The first-order valence-corrected chi connectivity index (χ1v) is 7.19. The van der Waals surface area contributed by atoms with E-state index in [-0.39, 0.29) is 0 Å². The van der Waals surface area contributed by atoms with E-state index in [0.29, 0.717) is 18.8 Å². The number of ether oxygens (including phenoxy) is 1. The molecule has 22 heavy (non-hydrogen) atoms. The normalized spacial score (nSPS) is 10.1. The van der Waals surface area contributed by atoms with Gasteiger partial charge in [0.25, 0.3) is 0 Å². The number of anilines is 1. The number of amides is 2. The Labute approximate surface area is 129 Å². The van der Waals surface area contributed by atoms with Gasteiger partial charge in [-0.1, -0.05) is 25.1 Å². The van der Waals surface area contributed by atoms with Crippen LogP contribution in [0, 0.1) is 5.82 Å². The summed E-state index contributed by atoms with van der Waals surface area (Å²) in [5.74, 6) is 0.376. The number of benzene rings is 2. The molecule has 0 aromatic heterocycles. The number of aryl methyl sites for hydroxylation is 1. The van der Waals surface area contributed by atoms with E-state index in [1.807, 2.05) is 24.3 Å². The second-order valence-corrected chi connectivity index (χ2v) is 4.74. The van der Waals surface area contributed by atoms with Gasteiger partial charge in [0.2, 0.25) is 0 Å². The second kappa shape index (κ2) is 8.02. The van der Waals surface area contributed by atoms with Crippen molar-refractivity contribution in [3.8, 4) is 5.75 Å². The van der Waals surface area contributed by atoms with Crippen LogP contribution in [0.5, 0.6) is 5.75 Å². The van der Waals surface area contributed by atoms with Crippen LogP contribution in [0.2, 0.25) is 0 Å². The van der Waals surface area contributed by atoms with E-state index in [0.717, 1.165) is 12.2 Å². The van der Waals surface area contributed by atoms with Crippen LogP contribution in [0.25, 0.3) is 0 Å². The molecule has 0 radical (unpaired) electrons. The summed E-state index contributed by atoms with van der Waals surface area (Å²) in [5, 5.41) is 5.20. The fraction of sp³-hybridized carbons (Fsp3) is 0.235. The lowest BCUT2D eigenvalue weighted by atomic mass is 10.2. The predicted octanol–water partition coefficient (Wildman–Crippen LogP) is 3.59. The highest BCUT2D eigenvalue weighted by Gasteiger charge is 2.02. The van der Waals surface area contributed by atoms with Crippen molar-refractivity contribution in [2.24, 2.45) is 0 Å². The highest BCUT2D eigenvalue weighted by atomic mass is 19.1. The van der Waals surface area contributed by atoms with E-state index in [9.17, 15) is 9.18 Å². The quantitative estimate of drug-likeness (QED) is 0.801. The van der Waals surface area contributed by atoms with E-state index in [4.69, 9.17) is 4.74 Å². The number of hydrogen-bond acceptors (Lipinski definition) is 2. The van der Waals surface area contributed by atoms with Gasteiger partial charge in [0.1, 0.15) is 18.2 Å². The maximum Gasteiger partial charge on any atom is 0.319 e. The molecule has 2 aromatic carbocycles. The molecule has 2 amide bonds. The standard InChI is InChI=1S/C17H19FN2O2/c1-2-13-6-8-16(9-7-13)22-11-10-19-17(21)20-15-5-3-4-14(18)12-15/h3-9,12H,2,10-11H2,1H3,(H2,19,20,21). The molecule has 0 saturated heterocycles. The van der Waals surface area contributed by atoms with Crippen LogP contribution >= 0.6 is 0 Å². The lowest BCUT2D eigenvalue weighted by Crippen LogP contribution is -2.32. The molecule has 0 aliphatic heterocycles. The van der Waals surface area contributed by atoms with Crippen LogP contribution in [-0.2, 0) is 6.42 Å². The van der Waals surface area contributed by atoms with Crippen molar-refractivity contribution in [1.82, 2.24) is 5.32 Å². The maximum atomic E-state index is 13.0. The minimum atomic E-state index is -0.393. The highest BCUT2D eigenvalue weighted by Crippen LogP contribution is 2.12. The van der Waals surface area contributed by atoms with Gasteiger partial charge in [0.15, 0.2) is 0 Å². The molecule has 0 bridgehead atoms. The largest absolute Gasteiger partial charge is 0.492 e. The van der Waals surface area contributed by atoms with Crippen molar-refractivity contribution in [3.05, 3.63) is 59.9 Å². The average molecular weight is 302 g/mol. The van der Waals surface area contributed by atoms with Crippen molar-refractivity contribution < 1.29 is 13.9 Å². The monoisotopic (exact) mass is 302 g/mol. The Bertz CT molecular complexity index is 614. The molecule has 116 valence electrons. The third-order valence-electron chi connectivity index (χ3n) is 3.07. The Kier molecular flexibility index (Phi) is 5.77. The van der Waals surface area contributed by atoms with Crippen molar-refractivity contribution >= 4 is 11.7 Å². The molecule has 5 heteroatoms. The van der Waals surface area contributed by atoms with E-state index < -0.39 is 11.8 Å². The Morgan fingerprint density at radius 2 is 1.95 bits per heavy atom. The molecule has 0 fully saturated rings. The van der Waals surface area contributed by atoms with Gasteiger partial charge in [-0.25, -0.2) is 9.18 Å². The SMILES string of the molecule is CCc1ccc(OCCNC(=O)Nc2cccc(F)c2)cc1. The molecule has 4 nitrogen and oxygen atoms in total. The number of nitrogens with one attached hydrogen (secondary N) is 2. The summed E-state index contributed by atoms with van der Waals surface area (Å²) in [6.45, 7) is 2.82. The zero-order valence-corrected chi connectivity index (χ0v) is 12.4. The number of rotatable bonds is 6. The molecular weight excluding hydrogens is 283 g/mol. The van der Waals surface area contributed by atoms with Crippen LogP contribution in [0.3, 0.4) is 0 Å². The molecule has 0 saturated carbocycles. The van der Waals surface area contributed by atoms with Crippen LogP contribution in [0.1, 0.15) is 12.5 Å². The molecular formula is C17H19FN2O2. The smallest absolute Gasteiger partial charge is 0.319 e. The average Bonchev–Trinajstić information content (AvgIpc) is 2.52. The molecule has 0 atom stereocenters. The zero-order chi connectivity index (χ0) is 15.8. The number of urea groups is 1. The van der Waals surface area contributed by atoms with Gasteiger partial charge in [-0.15, -0.1) is 0 Å². The lowest BCUT2D eigenvalue weighted by Gasteiger charge is -2.09. The van der Waals surface area contributed by atoms with Crippen LogP contribution < -0.4 is 15.4 Å².